The second-order valence-corrected chi connectivity index (χ2v) is 8.51. The number of thioether (sulfide) groups is 1. The first-order valence-electron chi connectivity index (χ1n) is 8.75. The molecule has 2 aromatic rings. The molecule has 1 atom stereocenters. The number of carbonyl (C=O) groups is 1. The molecule has 0 amide bonds. The first-order chi connectivity index (χ1) is 12.3. The van der Waals surface area contributed by atoms with E-state index in [-0.39, 0.29) is 11.2 Å². The number of hydrogen-bond acceptors (Lipinski definition) is 4. The molecule has 3 rings (SSSR count). The summed E-state index contributed by atoms with van der Waals surface area (Å²) < 4.78 is 5.59. The Morgan fingerprint density at radius 1 is 1.08 bits per heavy atom. The van der Waals surface area contributed by atoms with Crippen molar-refractivity contribution in [2.24, 2.45) is 0 Å². The Labute approximate surface area is 159 Å². The van der Waals surface area contributed by atoms with Crippen molar-refractivity contribution in [1.82, 2.24) is 0 Å². The number of rotatable bonds is 4. The molecule has 0 aliphatic carbocycles. The summed E-state index contributed by atoms with van der Waals surface area (Å²) in [5.74, 6) is 0.298. The summed E-state index contributed by atoms with van der Waals surface area (Å²) in [5.41, 5.74) is 3.31. The van der Waals surface area contributed by atoms with Crippen LogP contribution in [0, 0.1) is 0 Å². The zero-order valence-corrected chi connectivity index (χ0v) is 16.2. The van der Waals surface area contributed by atoms with Gasteiger partial charge in [0.1, 0.15) is 16.8 Å². The van der Waals surface area contributed by atoms with Crippen LogP contribution in [0.15, 0.2) is 65.3 Å². The highest BCUT2D eigenvalue weighted by Crippen LogP contribution is 2.37. The number of ether oxygens (including phenoxy) is 1. The third-order valence-corrected chi connectivity index (χ3v) is 5.62. The standard InChI is InChI=1S/C22H24O3S/c1-22(2,3)17-11-9-16(10-12-17)19-13-18(23)20(21(24)25-19)26-14-15-7-5-4-6-8-15/h4-12,19,23H,13-14H2,1-3H3. The third-order valence-electron chi connectivity index (χ3n) is 4.45. The van der Waals surface area contributed by atoms with E-state index >= 15 is 0 Å². The van der Waals surface area contributed by atoms with Gasteiger partial charge >= 0.3 is 5.97 Å². The van der Waals surface area contributed by atoms with E-state index in [4.69, 9.17) is 4.74 Å². The van der Waals surface area contributed by atoms with Gasteiger partial charge < -0.3 is 9.84 Å². The molecule has 3 nitrogen and oxygen atoms in total. The Bertz CT molecular complexity index is 802. The van der Waals surface area contributed by atoms with Crippen LogP contribution in [0.3, 0.4) is 0 Å². The van der Waals surface area contributed by atoms with E-state index in [9.17, 15) is 9.90 Å². The van der Waals surface area contributed by atoms with Crippen molar-refractivity contribution in [3.05, 3.63) is 82.0 Å². The number of esters is 1. The van der Waals surface area contributed by atoms with E-state index in [1.165, 1.54) is 17.3 Å². The molecule has 1 unspecified atom stereocenters. The maximum absolute atomic E-state index is 12.4. The lowest BCUT2D eigenvalue weighted by molar-refractivity contribution is -0.146. The molecule has 0 saturated heterocycles. The van der Waals surface area contributed by atoms with E-state index in [2.05, 4.69) is 32.9 Å². The van der Waals surface area contributed by atoms with Crippen LogP contribution in [0.5, 0.6) is 0 Å². The average molecular weight is 368 g/mol. The summed E-state index contributed by atoms with van der Waals surface area (Å²) >= 11 is 1.32. The summed E-state index contributed by atoms with van der Waals surface area (Å²) in [5, 5.41) is 10.4. The fraction of sp³-hybridized carbons (Fsp3) is 0.318. The largest absolute Gasteiger partial charge is 0.511 e. The summed E-state index contributed by atoms with van der Waals surface area (Å²) in [6.45, 7) is 6.48. The van der Waals surface area contributed by atoms with Crippen LogP contribution < -0.4 is 0 Å². The SMILES string of the molecule is CC(C)(C)c1ccc(C2CC(O)=C(SCc3ccccc3)C(=O)O2)cc1. The molecule has 26 heavy (non-hydrogen) atoms. The van der Waals surface area contributed by atoms with Crippen molar-refractivity contribution in [3.8, 4) is 0 Å². The van der Waals surface area contributed by atoms with Gasteiger partial charge in [-0.1, -0.05) is 75.4 Å². The molecule has 1 N–H and O–H groups in total. The van der Waals surface area contributed by atoms with Crippen molar-refractivity contribution in [2.45, 2.75) is 44.5 Å². The Morgan fingerprint density at radius 2 is 1.73 bits per heavy atom. The second-order valence-electron chi connectivity index (χ2n) is 7.52. The predicted molar refractivity (Wildman–Crippen MR) is 106 cm³/mol. The Morgan fingerprint density at radius 3 is 2.31 bits per heavy atom. The molecule has 4 heteroatoms. The molecule has 1 aliphatic rings. The number of benzene rings is 2. The Balaban J connectivity index is 1.71. The van der Waals surface area contributed by atoms with Gasteiger partial charge in [0, 0.05) is 12.2 Å². The lowest BCUT2D eigenvalue weighted by Gasteiger charge is -2.25. The monoisotopic (exact) mass is 368 g/mol. The molecule has 1 heterocycles. The van der Waals surface area contributed by atoms with Gasteiger partial charge in [0.2, 0.25) is 0 Å². The van der Waals surface area contributed by atoms with E-state index in [1.54, 1.807) is 0 Å². The number of carbonyl (C=O) groups excluding carboxylic acids is 1. The minimum atomic E-state index is -0.445. The highest BCUT2D eigenvalue weighted by Gasteiger charge is 2.30. The molecule has 0 spiro atoms. The molecule has 0 bridgehead atoms. The lowest BCUT2D eigenvalue weighted by atomic mass is 9.86. The molecule has 1 aliphatic heterocycles. The third kappa shape index (κ3) is 4.31. The maximum atomic E-state index is 12.4. The van der Waals surface area contributed by atoms with Gasteiger partial charge in [-0.15, -0.1) is 11.8 Å². The van der Waals surface area contributed by atoms with Gasteiger partial charge in [0.25, 0.3) is 0 Å². The molecule has 0 aromatic heterocycles. The zero-order chi connectivity index (χ0) is 18.7. The van der Waals surface area contributed by atoms with Gasteiger partial charge in [-0.25, -0.2) is 4.79 Å². The van der Waals surface area contributed by atoms with Crippen LogP contribution in [0.4, 0.5) is 0 Å². The average Bonchev–Trinajstić information content (AvgIpc) is 2.61. The molecule has 0 radical (unpaired) electrons. The first kappa shape index (κ1) is 18.6. The number of cyclic esters (lactones) is 1. The predicted octanol–water partition coefficient (Wildman–Crippen LogP) is 5.68. The number of aliphatic hydroxyl groups is 1. The molecule has 0 saturated carbocycles. The van der Waals surface area contributed by atoms with Crippen LogP contribution in [0.1, 0.15) is 50.0 Å². The van der Waals surface area contributed by atoms with E-state index in [1.807, 2.05) is 42.5 Å². The van der Waals surface area contributed by atoms with Crippen LogP contribution in [0.25, 0.3) is 0 Å². The zero-order valence-electron chi connectivity index (χ0n) is 15.4. The van der Waals surface area contributed by atoms with Crippen LogP contribution in [0.2, 0.25) is 0 Å². The van der Waals surface area contributed by atoms with E-state index in [0.29, 0.717) is 17.1 Å². The first-order valence-corrected chi connectivity index (χ1v) is 9.73. The van der Waals surface area contributed by atoms with Gasteiger partial charge in [0.05, 0.1) is 0 Å². The summed E-state index contributed by atoms with van der Waals surface area (Å²) in [6, 6.07) is 17.9. The second kappa shape index (κ2) is 7.58. The fourth-order valence-corrected chi connectivity index (χ4v) is 3.79. The summed E-state index contributed by atoms with van der Waals surface area (Å²) in [4.78, 5) is 12.7. The van der Waals surface area contributed by atoms with Crippen molar-refractivity contribution >= 4 is 17.7 Å². The normalized spacial score (nSPS) is 18.0. The van der Waals surface area contributed by atoms with Crippen molar-refractivity contribution in [1.29, 1.82) is 0 Å². The topological polar surface area (TPSA) is 46.5 Å². The van der Waals surface area contributed by atoms with Crippen LogP contribution >= 0.6 is 11.8 Å². The van der Waals surface area contributed by atoms with Gasteiger partial charge in [-0.05, 0) is 22.1 Å². The van der Waals surface area contributed by atoms with Gasteiger partial charge in [-0.3, -0.25) is 0 Å². The molecule has 0 fully saturated rings. The number of hydrogen-bond donors (Lipinski definition) is 1. The molecular formula is C22H24O3S. The quantitative estimate of drug-likeness (QED) is 0.706. The smallest absolute Gasteiger partial charge is 0.348 e. The highest BCUT2D eigenvalue weighted by atomic mass is 32.2. The molecule has 2 aromatic carbocycles. The van der Waals surface area contributed by atoms with E-state index in [0.717, 1.165) is 11.1 Å². The Kier molecular flexibility index (Phi) is 5.42. The van der Waals surface area contributed by atoms with Crippen LogP contribution in [-0.4, -0.2) is 11.1 Å². The molecule has 136 valence electrons. The summed E-state index contributed by atoms with van der Waals surface area (Å²) in [6.07, 6.45) is -0.116. The minimum absolute atomic E-state index is 0.0745. The van der Waals surface area contributed by atoms with Crippen LogP contribution in [-0.2, 0) is 20.7 Å². The summed E-state index contributed by atoms with van der Waals surface area (Å²) in [7, 11) is 0. The molecular weight excluding hydrogens is 344 g/mol. The minimum Gasteiger partial charge on any atom is -0.511 e. The highest BCUT2D eigenvalue weighted by molar-refractivity contribution is 8.03. The van der Waals surface area contributed by atoms with Gasteiger partial charge in [-0.2, -0.15) is 0 Å². The lowest BCUT2D eigenvalue weighted by Crippen LogP contribution is -2.20. The number of aliphatic hydroxyl groups excluding tert-OH is 1. The van der Waals surface area contributed by atoms with E-state index < -0.39 is 12.1 Å². The maximum Gasteiger partial charge on any atom is 0.348 e. The van der Waals surface area contributed by atoms with Crippen molar-refractivity contribution in [2.75, 3.05) is 0 Å². The van der Waals surface area contributed by atoms with Gasteiger partial charge in [0.15, 0.2) is 0 Å². The van der Waals surface area contributed by atoms with Crippen molar-refractivity contribution < 1.29 is 14.6 Å². The van der Waals surface area contributed by atoms with Crippen molar-refractivity contribution in [3.63, 3.8) is 0 Å². The Hall–Kier alpha value is -2.20. The fourth-order valence-electron chi connectivity index (χ4n) is 2.87.